The zero-order chi connectivity index (χ0) is 20.3. The summed E-state index contributed by atoms with van der Waals surface area (Å²) in [5.41, 5.74) is 1.18. The monoisotopic (exact) mass is 532 g/mol. The topological polar surface area (TPSA) is 67.4 Å². The van der Waals surface area contributed by atoms with Gasteiger partial charge in [-0.1, -0.05) is 12.1 Å². The minimum Gasteiger partial charge on any atom is -0.495 e. The van der Waals surface area contributed by atoms with Crippen molar-refractivity contribution in [3.8, 4) is 5.75 Å². The second kappa shape index (κ2) is 13.9. The Bertz CT molecular complexity index is 641. The smallest absolute Gasteiger partial charge is 0.191 e. The van der Waals surface area contributed by atoms with E-state index < -0.39 is 0 Å². The largest absolute Gasteiger partial charge is 0.495 e. The van der Waals surface area contributed by atoms with Gasteiger partial charge in [0.05, 0.1) is 25.5 Å². The minimum atomic E-state index is 0. The highest BCUT2D eigenvalue weighted by Crippen LogP contribution is 2.31. The molecule has 0 spiro atoms. The van der Waals surface area contributed by atoms with Crippen molar-refractivity contribution in [3.05, 3.63) is 24.3 Å². The van der Waals surface area contributed by atoms with E-state index in [-0.39, 0.29) is 30.1 Å². The summed E-state index contributed by atoms with van der Waals surface area (Å²) < 4.78 is 16.7. The lowest BCUT2D eigenvalue weighted by molar-refractivity contribution is 0.0420. The van der Waals surface area contributed by atoms with Crippen LogP contribution in [0.2, 0.25) is 0 Å². The van der Waals surface area contributed by atoms with Crippen molar-refractivity contribution in [1.29, 1.82) is 0 Å². The molecule has 7 nitrogen and oxygen atoms in total. The molecule has 0 bridgehead atoms. The fourth-order valence-corrected chi connectivity index (χ4v) is 3.83. The van der Waals surface area contributed by atoms with Gasteiger partial charge in [-0.3, -0.25) is 4.99 Å². The van der Waals surface area contributed by atoms with Crippen molar-refractivity contribution in [2.24, 2.45) is 10.9 Å². The number of rotatable bonds is 10. The van der Waals surface area contributed by atoms with Crippen LogP contribution in [0.25, 0.3) is 0 Å². The van der Waals surface area contributed by atoms with Crippen LogP contribution in [0.4, 0.5) is 5.69 Å². The number of methoxy groups -OCH3 is 1. The third kappa shape index (κ3) is 7.77. The molecule has 2 heterocycles. The number of guanidine groups is 1. The number of anilines is 1. The van der Waals surface area contributed by atoms with Gasteiger partial charge in [-0.2, -0.15) is 0 Å². The van der Waals surface area contributed by atoms with E-state index in [0.29, 0.717) is 5.92 Å². The normalized spacial score (nSPS) is 21.4. The summed E-state index contributed by atoms with van der Waals surface area (Å²) in [7, 11) is 1.73. The summed E-state index contributed by atoms with van der Waals surface area (Å²) in [5, 5.41) is 6.77. The molecule has 1 aromatic carbocycles. The Kier molecular flexibility index (Phi) is 11.6. The maximum Gasteiger partial charge on any atom is 0.191 e. The fourth-order valence-electron chi connectivity index (χ4n) is 3.83. The lowest BCUT2D eigenvalue weighted by Gasteiger charge is -2.21. The fraction of sp³-hybridized carbons (Fsp3) is 0.682. The molecule has 8 heteroatoms. The molecule has 2 saturated heterocycles. The Balaban J connectivity index is 0.00000320. The lowest BCUT2D eigenvalue weighted by Crippen LogP contribution is -2.38. The highest BCUT2D eigenvalue weighted by Gasteiger charge is 2.24. The van der Waals surface area contributed by atoms with Gasteiger partial charge in [-0.25, -0.2) is 0 Å². The van der Waals surface area contributed by atoms with Gasteiger partial charge in [0.1, 0.15) is 5.75 Å². The van der Waals surface area contributed by atoms with E-state index in [4.69, 9.17) is 19.2 Å². The second-order valence-electron chi connectivity index (χ2n) is 7.63. The van der Waals surface area contributed by atoms with E-state index in [1.807, 2.05) is 12.1 Å². The van der Waals surface area contributed by atoms with E-state index in [1.54, 1.807) is 7.11 Å². The first-order valence-electron chi connectivity index (χ1n) is 10.9. The number of hydrogen-bond acceptors (Lipinski definition) is 5. The first-order valence-corrected chi connectivity index (χ1v) is 10.9. The molecule has 2 aliphatic heterocycles. The summed E-state index contributed by atoms with van der Waals surface area (Å²) in [5.74, 6) is 2.39. The molecule has 0 amide bonds. The van der Waals surface area contributed by atoms with E-state index >= 15 is 0 Å². The van der Waals surface area contributed by atoms with Gasteiger partial charge in [0, 0.05) is 45.9 Å². The molecular weight excluding hydrogens is 495 g/mol. The number of benzene rings is 1. The molecule has 2 fully saturated rings. The van der Waals surface area contributed by atoms with E-state index in [9.17, 15) is 0 Å². The van der Waals surface area contributed by atoms with Crippen LogP contribution in [0.3, 0.4) is 0 Å². The standard InChI is InChI=1S/C22H36N4O3.HI/c1-3-23-22(24-11-6-13-29-19-10-14-28-17-19)25-15-18-9-12-26(16-18)20-7-4-5-8-21(20)27-2;/h4-5,7-8,18-19H,3,6,9-17H2,1-2H3,(H2,23,24,25);1H. The van der Waals surface area contributed by atoms with Gasteiger partial charge >= 0.3 is 0 Å². The molecular formula is C22H37IN4O3. The summed E-state index contributed by atoms with van der Waals surface area (Å²) in [6.45, 7) is 9.04. The number of aliphatic imine (C=N–C) groups is 1. The predicted molar refractivity (Wildman–Crippen MR) is 133 cm³/mol. The van der Waals surface area contributed by atoms with Crippen LogP contribution in [0, 0.1) is 5.92 Å². The SMILES string of the molecule is CCNC(=NCC1CCN(c2ccccc2OC)C1)NCCCOC1CCOC1.I. The summed E-state index contributed by atoms with van der Waals surface area (Å²) in [6.07, 6.45) is 3.42. The number of para-hydroxylation sites is 2. The molecule has 30 heavy (non-hydrogen) atoms. The van der Waals surface area contributed by atoms with Crippen LogP contribution in [-0.4, -0.2) is 71.7 Å². The van der Waals surface area contributed by atoms with Gasteiger partial charge in [-0.05, 0) is 44.2 Å². The molecule has 0 aromatic heterocycles. The third-order valence-electron chi connectivity index (χ3n) is 5.42. The minimum absolute atomic E-state index is 0. The predicted octanol–water partition coefficient (Wildman–Crippen LogP) is 2.89. The molecule has 2 atom stereocenters. The first-order chi connectivity index (χ1) is 14.3. The van der Waals surface area contributed by atoms with Crippen molar-refractivity contribution in [2.75, 3.05) is 64.6 Å². The average Bonchev–Trinajstić information content (AvgIpc) is 3.44. The van der Waals surface area contributed by atoms with E-state index in [2.05, 4.69) is 34.6 Å². The maximum absolute atomic E-state index is 5.82. The van der Waals surface area contributed by atoms with Crippen LogP contribution < -0.4 is 20.3 Å². The molecule has 3 rings (SSSR count). The molecule has 0 radical (unpaired) electrons. The van der Waals surface area contributed by atoms with Crippen LogP contribution in [0.15, 0.2) is 29.3 Å². The summed E-state index contributed by atoms with van der Waals surface area (Å²) >= 11 is 0. The Morgan fingerprint density at radius 1 is 1.27 bits per heavy atom. The van der Waals surface area contributed by atoms with Crippen molar-refractivity contribution >= 4 is 35.6 Å². The van der Waals surface area contributed by atoms with Crippen LogP contribution in [-0.2, 0) is 9.47 Å². The maximum atomic E-state index is 5.82. The summed E-state index contributed by atoms with van der Waals surface area (Å²) in [6, 6.07) is 8.24. The van der Waals surface area contributed by atoms with Crippen LogP contribution in [0.1, 0.15) is 26.2 Å². The van der Waals surface area contributed by atoms with Crippen LogP contribution in [0.5, 0.6) is 5.75 Å². The van der Waals surface area contributed by atoms with Gasteiger partial charge in [-0.15, -0.1) is 24.0 Å². The molecule has 2 N–H and O–H groups in total. The molecule has 2 aliphatic rings. The molecule has 170 valence electrons. The Hall–Kier alpha value is -1.26. The number of ether oxygens (including phenoxy) is 3. The third-order valence-corrected chi connectivity index (χ3v) is 5.42. The molecule has 0 aliphatic carbocycles. The van der Waals surface area contributed by atoms with E-state index in [1.165, 1.54) is 5.69 Å². The Labute approximate surface area is 197 Å². The Morgan fingerprint density at radius 2 is 2.13 bits per heavy atom. The molecule has 1 aromatic rings. The molecule has 0 saturated carbocycles. The summed E-state index contributed by atoms with van der Waals surface area (Å²) in [4.78, 5) is 7.22. The highest BCUT2D eigenvalue weighted by molar-refractivity contribution is 14.0. The lowest BCUT2D eigenvalue weighted by atomic mass is 10.1. The number of halogens is 1. The quantitative estimate of drug-likeness (QED) is 0.209. The van der Waals surface area contributed by atoms with Gasteiger partial charge in [0.25, 0.3) is 0 Å². The number of nitrogens with zero attached hydrogens (tertiary/aromatic N) is 2. The number of hydrogen-bond donors (Lipinski definition) is 2. The van der Waals surface area contributed by atoms with Crippen molar-refractivity contribution in [3.63, 3.8) is 0 Å². The zero-order valence-electron chi connectivity index (χ0n) is 18.3. The average molecular weight is 532 g/mol. The van der Waals surface area contributed by atoms with Gasteiger partial charge in [0.15, 0.2) is 5.96 Å². The van der Waals surface area contributed by atoms with Gasteiger partial charge < -0.3 is 29.7 Å². The van der Waals surface area contributed by atoms with E-state index in [0.717, 1.165) is 83.5 Å². The van der Waals surface area contributed by atoms with Crippen molar-refractivity contribution in [1.82, 2.24) is 10.6 Å². The van der Waals surface area contributed by atoms with Gasteiger partial charge in [0.2, 0.25) is 0 Å². The second-order valence-corrected chi connectivity index (χ2v) is 7.63. The zero-order valence-corrected chi connectivity index (χ0v) is 20.6. The van der Waals surface area contributed by atoms with Crippen molar-refractivity contribution < 1.29 is 14.2 Å². The van der Waals surface area contributed by atoms with Crippen molar-refractivity contribution in [2.45, 2.75) is 32.3 Å². The van der Waals surface area contributed by atoms with Crippen LogP contribution >= 0.6 is 24.0 Å². The first kappa shape index (κ1) is 25.0. The molecule has 2 unspecified atom stereocenters. The Morgan fingerprint density at radius 3 is 2.90 bits per heavy atom. The highest BCUT2D eigenvalue weighted by atomic mass is 127. The number of nitrogens with one attached hydrogen (secondary N) is 2.